The van der Waals surface area contributed by atoms with Gasteiger partial charge in [0, 0.05) is 16.2 Å². The number of rotatable bonds is 8. The molecule has 0 fully saturated rings. The van der Waals surface area contributed by atoms with Gasteiger partial charge in [-0.2, -0.15) is 0 Å². The third-order valence-corrected chi connectivity index (χ3v) is 6.68. The van der Waals surface area contributed by atoms with E-state index in [-0.39, 0.29) is 11.8 Å². The van der Waals surface area contributed by atoms with Crippen LogP contribution in [0.5, 0.6) is 0 Å². The van der Waals surface area contributed by atoms with Gasteiger partial charge < -0.3 is 5.73 Å². The summed E-state index contributed by atoms with van der Waals surface area (Å²) in [6, 6.07) is 0. The second-order valence-electron chi connectivity index (χ2n) is 7.37. The largest absolute Gasteiger partial charge is 0.369 e. The van der Waals surface area contributed by atoms with E-state index in [0.717, 1.165) is 36.9 Å². The van der Waals surface area contributed by atoms with Crippen LogP contribution >= 0.6 is 11.3 Å². The van der Waals surface area contributed by atoms with Gasteiger partial charge in [0.1, 0.15) is 11.2 Å². The molecule has 0 aliphatic heterocycles. The Bertz CT molecular complexity index is 740. The van der Waals surface area contributed by atoms with E-state index in [9.17, 15) is 4.79 Å². The summed E-state index contributed by atoms with van der Waals surface area (Å²) in [5.74, 6) is 0.267. The fraction of sp³-hybridized carbons (Fsp3) is 0.650. The molecule has 5 heteroatoms. The fourth-order valence-electron chi connectivity index (χ4n) is 4.07. The average Bonchev–Trinajstić information content (AvgIpc) is 2.99. The number of thiophene rings is 1. The van der Waals surface area contributed by atoms with Gasteiger partial charge >= 0.3 is 0 Å². The first kappa shape index (κ1) is 18.3. The van der Waals surface area contributed by atoms with Crippen LogP contribution in [0.2, 0.25) is 0 Å². The monoisotopic (exact) mass is 359 g/mol. The smallest absolute Gasteiger partial charge is 0.220 e. The summed E-state index contributed by atoms with van der Waals surface area (Å²) < 4.78 is 0. The zero-order valence-electron chi connectivity index (χ0n) is 15.4. The lowest BCUT2D eigenvalue weighted by molar-refractivity contribution is -0.122. The second kappa shape index (κ2) is 8.26. The average molecular weight is 360 g/mol. The van der Waals surface area contributed by atoms with Crippen LogP contribution in [0.15, 0.2) is 6.33 Å². The summed E-state index contributed by atoms with van der Waals surface area (Å²) in [7, 11) is 0. The molecule has 0 saturated heterocycles. The van der Waals surface area contributed by atoms with Crippen molar-refractivity contribution in [2.75, 3.05) is 0 Å². The van der Waals surface area contributed by atoms with Crippen molar-refractivity contribution in [2.24, 2.45) is 11.7 Å². The molecule has 25 heavy (non-hydrogen) atoms. The van der Waals surface area contributed by atoms with E-state index in [4.69, 9.17) is 5.73 Å². The van der Waals surface area contributed by atoms with Gasteiger partial charge in [0.2, 0.25) is 5.91 Å². The number of carbonyl (C=O) groups is 1. The molecule has 1 amide bonds. The number of nitrogens with zero attached hydrogens (tertiary/aromatic N) is 2. The van der Waals surface area contributed by atoms with Crippen LogP contribution in [-0.2, 0) is 17.6 Å². The van der Waals surface area contributed by atoms with Crippen molar-refractivity contribution in [3.8, 4) is 0 Å². The van der Waals surface area contributed by atoms with E-state index >= 15 is 0 Å². The molecule has 0 spiro atoms. The summed E-state index contributed by atoms with van der Waals surface area (Å²) in [4.78, 5) is 23.4. The van der Waals surface area contributed by atoms with Crippen LogP contribution in [-0.4, -0.2) is 15.9 Å². The fourth-order valence-corrected chi connectivity index (χ4v) is 5.31. The quantitative estimate of drug-likeness (QED) is 0.740. The molecule has 2 aromatic rings. The zero-order chi connectivity index (χ0) is 17.8. The molecule has 2 unspecified atom stereocenters. The summed E-state index contributed by atoms with van der Waals surface area (Å²) in [5.41, 5.74) is 8.24. The molecular weight excluding hydrogens is 330 g/mol. The predicted molar refractivity (Wildman–Crippen MR) is 104 cm³/mol. The molecule has 3 rings (SSSR count). The Morgan fingerprint density at radius 3 is 2.80 bits per heavy atom. The standard InChI is InChI=1S/C20H29N3OS/c1-3-7-14(19(21)24)9-6-8-13(2)18-17-15-10-4-5-11-16(15)25-20(17)23-12-22-18/h12-14H,3-11H2,1-2H3,(H2,21,24). The van der Waals surface area contributed by atoms with E-state index in [2.05, 4.69) is 23.8 Å². The van der Waals surface area contributed by atoms with Crippen molar-refractivity contribution < 1.29 is 4.79 Å². The van der Waals surface area contributed by atoms with Crippen LogP contribution in [0.3, 0.4) is 0 Å². The van der Waals surface area contributed by atoms with E-state index < -0.39 is 0 Å². The maximum absolute atomic E-state index is 11.5. The summed E-state index contributed by atoms with van der Waals surface area (Å²) in [5, 5.41) is 1.33. The molecule has 2 aromatic heterocycles. The van der Waals surface area contributed by atoms with Crippen molar-refractivity contribution in [3.05, 3.63) is 22.5 Å². The maximum atomic E-state index is 11.5. The number of carbonyl (C=O) groups excluding carboxylic acids is 1. The van der Waals surface area contributed by atoms with E-state index in [1.54, 1.807) is 6.33 Å². The minimum Gasteiger partial charge on any atom is -0.369 e. The molecule has 2 atom stereocenters. The molecule has 136 valence electrons. The lowest BCUT2D eigenvalue weighted by atomic mass is 9.90. The lowest BCUT2D eigenvalue weighted by Gasteiger charge is -2.17. The molecule has 0 saturated carbocycles. The van der Waals surface area contributed by atoms with Gasteiger partial charge in [0.05, 0.1) is 5.69 Å². The topological polar surface area (TPSA) is 68.9 Å². The first-order valence-electron chi connectivity index (χ1n) is 9.66. The van der Waals surface area contributed by atoms with Crippen LogP contribution in [0, 0.1) is 5.92 Å². The van der Waals surface area contributed by atoms with Gasteiger partial charge in [-0.15, -0.1) is 11.3 Å². The first-order valence-corrected chi connectivity index (χ1v) is 10.5. The van der Waals surface area contributed by atoms with E-state index in [1.165, 1.54) is 47.2 Å². The highest BCUT2D eigenvalue weighted by Gasteiger charge is 2.22. The Labute approximate surface area is 154 Å². The highest BCUT2D eigenvalue weighted by atomic mass is 32.1. The number of aromatic nitrogens is 2. The molecule has 2 heterocycles. The van der Waals surface area contributed by atoms with Gasteiger partial charge in [0.15, 0.2) is 0 Å². The van der Waals surface area contributed by atoms with Crippen LogP contribution in [0.4, 0.5) is 0 Å². The number of hydrogen-bond donors (Lipinski definition) is 1. The minimum absolute atomic E-state index is 0.0246. The van der Waals surface area contributed by atoms with E-state index in [1.807, 2.05) is 11.3 Å². The predicted octanol–water partition coefficient (Wildman–Crippen LogP) is 4.75. The Morgan fingerprint density at radius 2 is 2.04 bits per heavy atom. The molecule has 4 nitrogen and oxygen atoms in total. The Morgan fingerprint density at radius 1 is 1.24 bits per heavy atom. The van der Waals surface area contributed by atoms with Gasteiger partial charge in [-0.25, -0.2) is 9.97 Å². The summed E-state index contributed by atoms with van der Waals surface area (Å²) >= 11 is 1.86. The summed E-state index contributed by atoms with van der Waals surface area (Å²) in [6.45, 7) is 4.36. The molecule has 0 bridgehead atoms. The maximum Gasteiger partial charge on any atom is 0.220 e. The van der Waals surface area contributed by atoms with Crippen molar-refractivity contribution in [3.63, 3.8) is 0 Å². The Kier molecular flexibility index (Phi) is 6.05. The number of primary amides is 1. The lowest BCUT2D eigenvalue weighted by Crippen LogP contribution is -2.23. The van der Waals surface area contributed by atoms with Crippen molar-refractivity contribution in [1.29, 1.82) is 0 Å². The summed E-state index contributed by atoms with van der Waals surface area (Å²) in [6.07, 6.45) is 11.5. The normalized spacial score (nSPS) is 16.6. The highest BCUT2D eigenvalue weighted by molar-refractivity contribution is 7.18. The van der Waals surface area contributed by atoms with Gasteiger partial charge in [0.25, 0.3) is 0 Å². The number of fused-ring (bicyclic) bond motifs is 3. The van der Waals surface area contributed by atoms with Crippen molar-refractivity contribution >= 4 is 27.5 Å². The molecular formula is C20H29N3OS. The Hall–Kier alpha value is -1.49. The number of hydrogen-bond acceptors (Lipinski definition) is 4. The van der Waals surface area contributed by atoms with Crippen LogP contribution in [0.1, 0.15) is 80.8 Å². The molecule has 2 N–H and O–H groups in total. The molecule has 0 aromatic carbocycles. The minimum atomic E-state index is -0.147. The number of nitrogens with two attached hydrogens (primary N) is 1. The molecule has 0 radical (unpaired) electrons. The third kappa shape index (κ3) is 4.02. The molecule has 1 aliphatic rings. The Balaban J connectivity index is 1.73. The van der Waals surface area contributed by atoms with Gasteiger partial charge in [-0.1, -0.05) is 26.7 Å². The second-order valence-corrected chi connectivity index (χ2v) is 8.45. The van der Waals surface area contributed by atoms with Gasteiger partial charge in [-0.05, 0) is 56.4 Å². The molecule has 1 aliphatic carbocycles. The van der Waals surface area contributed by atoms with Gasteiger partial charge in [-0.3, -0.25) is 4.79 Å². The number of amides is 1. The third-order valence-electron chi connectivity index (χ3n) is 5.48. The SMILES string of the molecule is CCCC(CCCC(C)c1ncnc2sc3c(c12)CCCC3)C(N)=O. The first-order chi connectivity index (χ1) is 12.1. The zero-order valence-corrected chi connectivity index (χ0v) is 16.2. The van der Waals surface area contributed by atoms with E-state index in [0.29, 0.717) is 5.92 Å². The van der Waals surface area contributed by atoms with Crippen LogP contribution in [0.25, 0.3) is 10.2 Å². The van der Waals surface area contributed by atoms with Crippen molar-refractivity contribution in [1.82, 2.24) is 9.97 Å². The van der Waals surface area contributed by atoms with Crippen molar-refractivity contribution in [2.45, 2.75) is 77.6 Å². The van der Waals surface area contributed by atoms with Crippen LogP contribution < -0.4 is 5.73 Å². The number of aryl methyl sites for hydroxylation is 2. The highest BCUT2D eigenvalue weighted by Crippen LogP contribution is 2.39.